The van der Waals surface area contributed by atoms with Gasteiger partial charge in [-0.15, -0.1) is 0 Å². The van der Waals surface area contributed by atoms with Gasteiger partial charge in [-0.3, -0.25) is 9.59 Å². The Kier molecular flexibility index (Phi) is 4.85. The van der Waals surface area contributed by atoms with Crippen molar-refractivity contribution in [1.29, 1.82) is 0 Å². The highest BCUT2D eigenvalue weighted by atomic mass is 16.1. The molecule has 2 aromatic heterocycles. The molecule has 0 spiro atoms. The van der Waals surface area contributed by atoms with E-state index in [-0.39, 0.29) is 11.5 Å². The first-order valence-corrected chi connectivity index (χ1v) is 10.4. The molecule has 3 heterocycles. The zero-order valence-corrected chi connectivity index (χ0v) is 16.6. The van der Waals surface area contributed by atoms with Crippen LogP contribution in [0, 0.1) is 5.92 Å². The SMILES string of the molecule is O=C(NCC1CCNCC1)c1ccc2[nH]c(-c3cc4ccccc4[nH]c3=O)cc2c1. The lowest BCUT2D eigenvalue weighted by Gasteiger charge is -2.22. The first kappa shape index (κ1) is 18.6. The summed E-state index contributed by atoms with van der Waals surface area (Å²) in [4.78, 5) is 31.4. The van der Waals surface area contributed by atoms with Gasteiger partial charge in [0.05, 0.1) is 11.3 Å². The standard InChI is InChI=1S/C24H24N4O2/c29-23(26-14-15-7-9-25-10-8-15)17-5-6-21-18(11-17)13-22(27-21)19-12-16-3-1-2-4-20(16)28-24(19)30/h1-6,11-13,15,25,27H,7-10,14H2,(H,26,29)(H,28,30). The number of amides is 1. The molecule has 4 aromatic rings. The number of hydrogen-bond donors (Lipinski definition) is 4. The lowest BCUT2D eigenvalue weighted by atomic mass is 9.98. The summed E-state index contributed by atoms with van der Waals surface area (Å²) in [6.07, 6.45) is 2.20. The number of benzene rings is 2. The van der Waals surface area contributed by atoms with Crippen LogP contribution in [-0.2, 0) is 0 Å². The van der Waals surface area contributed by atoms with Gasteiger partial charge in [-0.05, 0) is 73.6 Å². The molecular formula is C24H24N4O2. The van der Waals surface area contributed by atoms with E-state index in [2.05, 4.69) is 20.6 Å². The molecule has 152 valence electrons. The highest BCUT2D eigenvalue weighted by Gasteiger charge is 2.15. The molecule has 1 saturated heterocycles. The van der Waals surface area contributed by atoms with Crippen molar-refractivity contribution in [2.45, 2.75) is 12.8 Å². The number of aromatic amines is 2. The minimum Gasteiger partial charge on any atom is -0.354 e. The van der Waals surface area contributed by atoms with Crippen molar-refractivity contribution in [2.75, 3.05) is 19.6 Å². The lowest BCUT2D eigenvalue weighted by molar-refractivity contribution is 0.0944. The zero-order chi connectivity index (χ0) is 20.5. The minimum atomic E-state index is -0.139. The average molecular weight is 400 g/mol. The van der Waals surface area contributed by atoms with E-state index < -0.39 is 0 Å². The van der Waals surface area contributed by atoms with Crippen LogP contribution in [0.3, 0.4) is 0 Å². The summed E-state index contributed by atoms with van der Waals surface area (Å²) in [6.45, 7) is 2.75. The van der Waals surface area contributed by atoms with Gasteiger partial charge in [0, 0.05) is 28.5 Å². The average Bonchev–Trinajstić information content (AvgIpc) is 3.20. The van der Waals surface area contributed by atoms with Gasteiger partial charge in [0.1, 0.15) is 0 Å². The van der Waals surface area contributed by atoms with Crippen molar-refractivity contribution >= 4 is 27.7 Å². The molecular weight excluding hydrogens is 376 g/mol. The normalized spacial score (nSPS) is 14.9. The van der Waals surface area contributed by atoms with Crippen LogP contribution in [0.25, 0.3) is 33.1 Å². The van der Waals surface area contributed by atoms with E-state index in [1.807, 2.05) is 54.6 Å². The molecule has 0 unspecified atom stereocenters. The van der Waals surface area contributed by atoms with E-state index in [1.165, 1.54) is 0 Å². The molecule has 0 bridgehead atoms. The van der Waals surface area contributed by atoms with Gasteiger partial charge in [0.25, 0.3) is 11.5 Å². The Hall–Kier alpha value is -3.38. The number of rotatable bonds is 4. The Balaban J connectivity index is 1.41. The number of aromatic nitrogens is 2. The van der Waals surface area contributed by atoms with E-state index in [0.29, 0.717) is 23.6 Å². The molecule has 2 aromatic carbocycles. The molecule has 0 atom stereocenters. The fourth-order valence-corrected chi connectivity index (χ4v) is 4.19. The van der Waals surface area contributed by atoms with Crippen LogP contribution < -0.4 is 16.2 Å². The number of carbonyl (C=O) groups is 1. The van der Waals surface area contributed by atoms with Crippen molar-refractivity contribution in [2.24, 2.45) is 5.92 Å². The summed E-state index contributed by atoms with van der Waals surface area (Å²) in [5, 5.41) is 8.30. The monoisotopic (exact) mass is 400 g/mol. The topological polar surface area (TPSA) is 89.8 Å². The van der Waals surface area contributed by atoms with Crippen LogP contribution in [0.4, 0.5) is 0 Å². The third kappa shape index (κ3) is 3.62. The van der Waals surface area contributed by atoms with Crippen LogP contribution in [0.2, 0.25) is 0 Å². The van der Waals surface area contributed by atoms with Gasteiger partial charge in [-0.1, -0.05) is 18.2 Å². The van der Waals surface area contributed by atoms with Crippen LogP contribution in [0.15, 0.2) is 59.4 Å². The number of hydrogen-bond acceptors (Lipinski definition) is 3. The van der Waals surface area contributed by atoms with E-state index in [1.54, 1.807) is 0 Å². The fraction of sp³-hybridized carbons (Fsp3) is 0.250. The first-order valence-electron chi connectivity index (χ1n) is 10.4. The molecule has 5 rings (SSSR count). The predicted octanol–water partition coefficient (Wildman–Crippen LogP) is 3.41. The molecule has 0 aliphatic carbocycles. The highest BCUT2D eigenvalue weighted by Crippen LogP contribution is 2.25. The lowest BCUT2D eigenvalue weighted by Crippen LogP contribution is -2.35. The smallest absolute Gasteiger partial charge is 0.257 e. The van der Waals surface area contributed by atoms with Crippen molar-refractivity contribution in [3.8, 4) is 11.3 Å². The Morgan fingerprint density at radius 3 is 2.60 bits per heavy atom. The number of piperidine rings is 1. The molecule has 1 fully saturated rings. The van der Waals surface area contributed by atoms with Crippen LogP contribution in [0.5, 0.6) is 0 Å². The quantitative estimate of drug-likeness (QED) is 0.423. The Morgan fingerprint density at radius 2 is 1.73 bits per heavy atom. The minimum absolute atomic E-state index is 0.0539. The Morgan fingerprint density at radius 1 is 0.933 bits per heavy atom. The molecule has 30 heavy (non-hydrogen) atoms. The number of para-hydroxylation sites is 1. The maximum Gasteiger partial charge on any atom is 0.257 e. The molecule has 0 radical (unpaired) electrons. The number of pyridine rings is 1. The maximum atomic E-state index is 12.6. The molecule has 1 aliphatic rings. The molecule has 1 aliphatic heterocycles. The number of H-pyrrole nitrogens is 2. The van der Waals surface area contributed by atoms with Gasteiger partial charge in [-0.25, -0.2) is 0 Å². The maximum absolute atomic E-state index is 12.6. The van der Waals surface area contributed by atoms with Gasteiger partial charge in [0.2, 0.25) is 0 Å². The summed E-state index contributed by atoms with van der Waals surface area (Å²) in [5.74, 6) is 0.485. The molecule has 1 amide bonds. The molecule has 6 nitrogen and oxygen atoms in total. The molecule has 4 N–H and O–H groups in total. The Labute approximate surface area is 173 Å². The summed E-state index contributed by atoms with van der Waals surface area (Å²) >= 11 is 0. The van der Waals surface area contributed by atoms with Crippen LogP contribution in [0.1, 0.15) is 23.2 Å². The first-order chi connectivity index (χ1) is 14.7. The predicted molar refractivity (Wildman–Crippen MR) is 120 cm³/mol. The van der Waals surface area contributed by atoms with Crippen molar-refractivity contribution in [1.82, 2.24) is 20.6 Å². The largest absolute Gasteiger partial charge is 0.354 e. The fourth-order valence-electron chi connectivity index (χ4n) is 4.19. The number of carbonyl (C=O) groups excluding carboxylic acids is 1. The summed E-state index contributed by atoms with van der Waals surface area (Å²) in [5.41, 5.74) is 3.53. The molecule has 6 heteroatoms. The van der Waals surface area contributed by atoms with Gasteiger partial charge < -0.3 is 20.6 Å². The van der Waals surface area contributed by atoms with E-state index >= 15 is 0 Å². The van der Waals surface area contributed by atoms with Gasteiger partial charge in [0.15, 0.2) is 0 Å². The van der Waals surface area contributed by atoms with E-state index in [9.17, 15) is 9.59 Å². The zero-order valence-electron chi connectivity index (χ0n) is 16.6. The van der Waals surface area contributed by atoms with Crippen LogP contribution in [-0.4, -0.2) is 35.5 Å². The van der Waals surface area contributed by atoms with Crippen molar-refractivity contribution in [3.05, 3.63) is 70.5 Å². The summed E-state index contributed by atoms with van der Waals surface area (Å²) in [7, 11) is 0. The van der Waals surface area contributed by atoms with Crippen molar-refractivity contribution < 1.29 is 4.79 Å². The number of nitrogens with one attached hydrogen (secondary N) is 4. The summed E-state index contributed by atoms with van der Waals surface area (Å²) in [6, 6.07) is 17.1. The van der Waals surface area contributed by atoms with Gasteiger partial charge >= 0.3 is 0 Å². The Bertz CT molecular complexity index is 1280. The van der Waals surface area contributed by atoms with Crippen LogP contribution >= 0.6 is 0 Å². The molecule has 0 saturated carbocycles. The third-order valence-corrected chi connectivity index (χ3v) is 5.94. The van der Waals surface area contributed by atoms with E-state index in [4.69, 9.17) is 0 Å². The highest BCUT2D eigenvalue weighted by molar-refractivity contribution is 5.99. The second-order valence-corrected chi connectivity index (χ2v) is 7.99. The summed E-state index contributed by atoms with van der Waals surface area (Å²) < 4.78 is 0. The third-order valence-electron chi connectivity index (χ3n) is 5.94. The second-order valence-electron chi connectivity index (χ2n) is 7.99. The number of fused-ring (bicyclic) bond motifs is 2. The van der Waals surface area contributed by atoms with Gasteiger partial charge in [-0.2, -0.15) is 0 Å². The second kappa shape index (κ2) is 7.80. The van der Waals surface area contributed by atoms with Crippen molar-refractivity contribution in [3.63, 3.8) is 0 Å². The van der Waals surface area contributed by atoms with E-state index in [0.717, 1.165) is 53.4 Å².